The molecule has 1 unspecified atom stereocenters. The summed E-state index contributed by atoms with van der Waals surface area (Å²) in [5.74, 6) is -1.40. The van der Waals surface area contributed by atoms with Crippen LogP contribution in [0.5, 0.6) is 0 Å². The van der Waals surface area contributed by atoms with E-state index in [9.17, 15) is 14.4 Å². The number of hydrogen-bond acceptors (Lipinski definition) is 4. The van der Waals surface area contributed by atoms with Crippen LogP contribution in [0.15, 0.2) is 18.2 Å². The summed E-state index contributed by atoms with van der Waals surface area (Å²) in [7, 11) is 0. The Labute approximate surface area is 129 Å². The fourth-order valence-corrected chi connectivity index (χ4v) is 2.51. The average Bonchev–Trinajstić information content (AvgIpc) is 2.84. The first kappa shape index (κ1) is 16.0. The molecule has 0 aliphatic heterocycles. The SMILES string of the molecule is CCCNC(=O)c1ccc2c(c1)CC(OC(=O)CC(N)=O)C2. The number of nitrogens with one attached hydrogen (secondary N) is 1. The van der Waals surface area contributed by atoms with E-state index in [1.807, 2.05) is 19.1 Å². The van der Waals surface area contributed by atoms with Crippen LogP contribution in [0.1, 0.15) is 41.3 Å². The van der Waals surface area contributed by atoms with Crippen molar-refractivity contribution in [1.29, 1.82) is 0 Å². The van der Waals surface area contributed by atoms with E-state index in [0.29, 0.717) is 24.9 Å². The Balaban J connectivity index is 1.98. The summed E-state index contributed by atoms with van der Waals surface area (Å²) < 4.78 is 5.23. The average molecular weight is 304 g/mol. The zero-order valence-electron chi connectivity index (χ0n) is 12.6. The van der Waals surface area contributed by atoms with Crippen LogP contribution < -0.4 is 11.1 Å². The van der Waals surface area contributed by atoms with E-state index < -0.39 is 18.3 Å². The van der Waals surface area contributed by atoms with Crippen molar-refractivity contribution in [3.05, 3.63) is 34.9 Å². The van der Waals surface area contributed by atoms with Crippen LogP contribution in [0, 0.1) is 0 Å². The first-order valence-corrected chi connectivity index (χ1v) is 7.37. The van der Waals surface area contributed by atoms with Crippen molar-refractivity contribution in [1.82, 2.24) is 5.32 Å². The Bertz CT molecular complexity index is 598. The van der Waals surface area contributed by atoms with Crippen LogP contribution in [0.2, 0.25) is 0 Å². The molecule has 6 heteroatoms. The quantitative estimate of drug-likeness (QED) is 0.597. The van der Waals surface area contributed by atoms with Gasteiger partial charge in [-0.1, -0.05) is 13.0 Å². The highest BCUT2D eigenvalue weighted by atomic mass is 16.5. The number of carbonyl (C=O) groups is 3. The molecule has 6 nitrogen and oxygen atoms in total. The van der Waals surface area contributed by atoms with Crippen LogP contribution >= 0.6 is 0 Å². The minimum Gasteiger partial charge on any atom is -0.461 e. The summed E-state index contributed by atoms with van der Waals surface area (Å²) in [5.41, 5.74) is 7.63. The summed E-state index contributed by atoms with van der Waals surface area (Å²) in [4.78, 5) is 34.1. The van der Waals surface area contributed by atoms with Crippen molar-refractivity contribution in [3.8, 4) is 0 Å². The summed E-state index contributed by atoms with van der Waals surface area (Å²) in [5, 5.41) is 2.83. The minimum atomic E-state index is -0.699. The predicted octanol–water partition coefficient (Wildman–Crippen LogP) is 0.712. The van der Waals surface area contributed by atoms with Gasteiger partial charge in [-0.2, -0.15) is 0 Å². The molecule has 118 valence electrons. The highest BCUT2D eigenvalue weighted by molar-refractivity contribution is 5.94. The molecule has 0 saturated carbocycles. The van der Waals surface area contributed by atoms with Gasteiger partial charge in [0.25, 0.3) is 5.91 Å². The van der Waals surface area contributed by atoms with E-state index in [1.54, 1.807) is 6.07 Å². The zero-order valence-corrected chi connectivity index (χ0v) is 12.6. The van der Waals surface area contributed by atoms with Gasteiger partial charge in [0.1, 0.15) is 12.5 Å². The lowest BCUT2D eigenvalue weighted by molar-refractivity contribution is -0.150. The van der Waals surface area contributed by atoms with Crippen LogP contribution in [0.3, 0.4) is 0 Å². The molecule has 2 rings (SSSR count). The van der Waals surface area contributed by atoms with Gasteiger partial charge in [-0.25, -0.2) is 0 Å². The molecule has 2 amide bonds. The maximum Gasteiger partial charge on any atom is 0.315 e. The second-order valence-corrected chi connectivity index (χ2v) is 5.40. The maximum absolute atomic E-state index is 11.9. The van der Waals surface area contributed by atoms with E-state index in [0.717, 1.165) is 17.5 Å². The molecular weight excluding hydrogens is 284 g/mol. The first-order chi connectivity index (χ1) is 10.5. The number of amides is 2. The van der Waals surface area contributed by atoms with Gasteiger partial charge in [0, 0.05) is 24.9 Å². The lowest BCUT2D eigenvalue weighted by Gasteiger charge is -2.10. The molecule has 0 radical (unpaired) electrons. The summed E-state index contributed by atoms with van der Waals surface area (Å²) in [6.45, 7) is 2.64. The van der Waals surface area contributed by atoms with Crippen LogP contribution in [-0.4, -0.2) is 30.4 Å². The van der Waals surface area contributed by atoms with E-state index in [2.05, 4.69) is 5.32 Å². The van der Waals surface area contributed by atoms with Gasteiger partial charge in [-0.3, -0.25) is 14.4 Å². The van der Waals surface area contributed by atoms with Gasteiger partial charge in [-0.05, 0) is 29.7 Å². The van der Waals surface area contributed by atoms with E-state index in [1.165, 1.54) is 0 Å². The third kappa shape index (κ3) is 4.07. The standard InChI is InChI=1S/C16H20N2O4/c1-2-5-18-16(21)11-4-3-10-7-13(8-12(10)6-11)22-15(20)9-14(17)19/h3-4,6,13H,2,5,7-9H2,1H3,(H2,17,19)(H,18,21). The number of benzene rings is 1. The van der Waals surface area contributed by atoms with E-state index in [4.69, 9.17) is 10.5 Å². The van der Waals surface area contributed by atoms with Gasteiger partial charge < -0.3 is 15.8 Å². The number of fused-ring (bicyclic) bond motifs is 1. The first-order valence-electron chi connectivity index (χ1n) is 7.37. The van der Waals surface area contributed by atoms with Crippen molar-refractivity contribution >= 4 is 17.8 Å². The second-order valence-electron chi connectivity index (χ2n) is 5.40. The largest absolute Gasteiger partial charge is 0.461 e. The van der Waals surface area contributed by atoms with Crippen molar-refractivity contribution in [2.45, 2.75) is 38.7 Å². The Morgan fingerprint density at radius 3 is 2.68 bits per heavy atom. The second kappa shape index (κ2) is 7.06. The number of esters is 1. The summed E-state index contributed by atoms with van der Waals surface area (Å²) in [6, 6.07) is 5.50. The van der Waals surface area contributed by atoms with Crippen LogP contribution in [0.4, 0.5) is 0 Å². The van der Waals surface area contributed by atoms with Crippen molar-refractivity contribution < 1.29 is 19.1 Å². The fourth-order valence-electron chi connectivity index (χ4n) is 2.51. The number of carbonyl (C=O) groups excluding carboxylic acids is 3. The number of nitrogens with two attached hydrogens (primary N) is 1. The molecule has 0 spiro atoms. The molecule has 0 bridgehead atoms. The third-order valence-electron chi connectivity index (χ3n) is 3.52. The highest BCUT2D eigenvalue weighted by Crippen LogP contribution is 2.25. The monoisotopic (exact) mass is 304 g/mol. The van der Waals surface area contributed by atoms with Gasteiger partial charge >= 0.3 is 5.97 Å². The molecule has 0 aromatic heterocycles. The Morgan fingerprint density at radius 2 is 2.00 bits per heavy atom. The molecule has 0 saturated heterocycles. The molecule has 22 heavy (non-hydrogen) atoms. The fraction of sp³-hybridized carbons (Fsp3) is 0.438. The molecule has 1 aromatic carbocycles. The third-order valence-corrected chi connectivity index (χ3v) is 3.52. The Kier molecular flexibility index (Phi) is 5.14. The summed E-state index contributed by atoms with van der Waals surface area (Å²) in [6.07, 6.45) is 1.33. The van der Waals surface area contributed by atoms with E-state index >= 15 is 0 Å². The predicted molar refractivity (Wildman–Crippen MR) is 80.2 cm³/mol. The van der Waals surface area contributed by atoms with Crippen molar-refractivity contribution in [2.75, 3.05) is 6.54 Å². The number of ether oxygens (including phenoxy) is 1. The molecule has 1 atom stereocenters. The molecule has 1 aromatic rings. The van der Waals surface area contributed by atoms with Crippen molar-refractivity contribution in [3.63, 3.8) is 0 Å². The van der Waals surface area contributed by atoms with E-state index in [-0.39, 0.29) is 12.0 Å². The summed E-state index contributed by atoms with van der Waals surface area (Å²) >= 11 is 0. The maximum atomic E-state index is 11.9. The zero-order chi connectivity index (χ0) is 16.1. The number of primary amides is 1. The van der Waals surface area contributed by atoms with Crippen LogP contribution in [-0.2, 0) is 27.2 Å². The normalized spacial score (nSPS) is 16.0. The molecule has 0 fully saturated rings. The van der Waals surface area contributed by atoms with Crippen molar-refractivity contribution in [2.24, 2.45) is 5.73 Å². The molecule has 1 aliphatic rings. The Hall–Kier alpha value is -2.37. The molecular formula is C16H20N2O4. The van der Waals surface area contributed by atoms with Gasteiger partial charge in [0.15, 0.2) is 0 Å². The lowest BCUT2D eigenvalue weighted by Crippen LogP contribution is -2.24. The number of hydrogen-bond donors (Lipinski definition) is 2. The van der Waals surface area contributed by atoms with Gasteiger partial charge in [0.2, 0.25) is 5.91 Å². The van der Waals surface area contributed by atoms with Gasteiger partial charge in [0.05, 0.1) is 0 Å². The smallest absolute Gasteiger partial charge is 0.315 e. The number of rotatable bonds is 6. The highest BCUT2D eigenvalue weighted by Gasteiger charge is 2.26. The molecule has 0 heterocycles. The van der Waals surface area contributed by atoms with Gasteiger partial charge in [-0.15, -0.1) is 0 Å². The van der Waals surface area contributed by atoms with Crippen LogP contribution in [0.25, 0.3) is 0 Å². The minimum absolute atomic E-state index is 0.0983. The molecule has 1 aliphatic carbocycles. The Morgan fingerprint density at radius 1 is 1.27 bits per heavy atom. The lowest BCUT2D eigenvalue weighted by atomic mass is 10.1. The topological polar surface area (TPSA) is 98.5 Å². The molecule has 3 N–H and O–H groups in total.